The molecule has 46 heavy (non-hydrogen) atoms. The van der Waals surface area contributed by atoms with Gasteiger partial charge in [-0.1, -0.05) is 77.8 Å². The number of amides is 1. The van der Waals surface area contributed by atoms with Crippen LogP contribution in [0.1, 0.15) is 33.0 Å². The van der Waals surface area contributed by atoms with Crippen LogP contribution >= 0.6 is 23.2 Å². The summed E-state index contributed by atoms with van der Waals surface area (Å²) in [5, 5.41) is 5.22. The van der Waals surface area contributed by atoms with Crippen molar-refractivity contribution in [2.45, 2.75) is 26.4 Å². The number of aromatic nitrogens is 3. The van der Waals surface area contributed by atoms with Crippen LogP contribution < -0.4 is 10.1 Å². The topological polar surface area (TPSA) is 75.2 Å². The molecule has 2 N–H and O–H groups in total. The largest absolute Gasteiger partial charge is 0.457 e. The first-order valence-corrected chi connectivity index (χ1v) is 15.9. The van der Waals surface area contributed by atoms with Crippen LogP contribution in [0.2, 0.25) is 10.0 Å². The molecular formula is C37H35Cl2N5O2. The van der Waals surface area contributed by atoms with Gasteiger partial charge in [0, 0.05) is 60.5 Å². The highest BCUT2D eigenvalue weighted by atomic mass is 35.5. The Morgan fingerprint density at radius 3 is 2.46 bits per heavy atom. The van der Waals surface area contributed by atoms with E-state index < -0.39 is 0 Å². The molecular weight excluding hydrogens is 617 g/mol. The fourth-order valence-electron chi connectivity index (χ4n) is 5.84. The number of rotatable bonds is 7. The Balaban J connectivity index is 0.000000162. The third-order valence-electron chi connectivity index (χ3n) is 8.28. The molecule has 0 unspecified atom stereocenters. The number of fused-ring (bicyclic) bond motifs is 3. The zero-order valence-electron chi connectivity index (χ0n) is 26.0. The molecule has 0 radical (unpaired) electrons. The van der Waals surface area contributed by atoms with E-state index in [0.717, 1.165) is 63.4 Å². The van der Waals surface area contributed by atoms with E-state index in [1.165, 1.54) is 5.56 Å². The molecule has 234 valence electrons. The number of carbonyl (C=O) groups excluding carboxylic acids is 1. The molecule has 3 heterocycles. The van der Waals surface area contributed by atoms with Crippen molar-refractivity contribution in [2.75, 3.05) is 13.6 Å². The van der Waals surface area contributed by atoms with E-state index in [0.29, 0.717) is 28.9 Å². The molecule has 1 aliphatic rings. The first-order valence-electron chi connectivity index (χ1n) is 15.1. The van der Waals surface area contributed by atoms with Crippen molar-refractivity contribution < 1.29 is 9.53 Å². The lowest BCUT2D eigenvalue weighted by molar-refractivity contribution is 0.0725. The Labute approximate surface area is 278 Å². The van der Waals surface area contributed by atoms with Crippen LogP contribution in [0.5, 0.6) is 11.5 Å². The normalized spacial score (nSPS) is 12.5. The Hall–Kier alpha value is -4.56. The molecule has 0 atom stereocenters. The summed E-state index contributed by atoms with van der Waals surface area (Å²) in [5.41, 5.74) is 8.49. The van der Waals surface area contributed by atoms with Crippen LogP contribution in [0.4, 0.5) is 0 Å². The van der Waals surface area contributed by atoms with E-state index in [9.17, 15) is 4.79 Å². The summed E-state index contributed by atoms with van der Waals surface area (Å²) in [7, 11) is 3.96. The number of imidazole rings is 1. The number of aryl methyl sites for hydroxylation is 2. The Morgan fingerprint density at radius 1 is 0.935 bits per heavy atom. The standard InChI is InChI=1S/C20H17Cl2NO.C17H18N4O/c1-23-13-16-11-15(14-5-3-2-4-6-14)7-10-20(16)24-17-8-9-18(21)19(22)12-17;1-11-13(19-10-18-11)9-21-8-7-15-16(17(21)22)12-5-3-4-6-14(12)20(15)2/h2-12,23H,13H2,1H3;3-6,10H,7-9H2,1-2H3,(H,18,19). The number of halogens is 2. The summed E-state index contributed by atoms with van der Waals surface area (Å²) < 4.78 is 8.16. The minimum atomic E-state index is 0.112. The SMILES string of the molecule is CNCc1cc(-c2ccccc2)ccc1Oc1ccc(Cl)c(Cl)c1.Cc1[nH]cnc1CN1CCc2c(c3ccccc3n2C)C1=O. The quantitative estimate of drug-likeness (QED) is 0.181. The zero-order chi connectivity index (χ0) is 32.2. The number of aromatic amines is 1. The number of nitrogens with zero attached hydrogens (tertiary/aromatic N) is 3. The molecule has 0 saturated heterocycles. The Morgan fingerprint density at radius 2 is 1.72 bits per heavy atom. The highest BCUT2D eigenvalue weighted by Crippen LogP contribution is 2.34. The van der Waals surface area contributed by atoms with Crippen molar-refractivity contribution in [3.05, 3.63) is 136 Å². The van der Waals surface area contributed by atoms with Crippen LogP contribution in [-0.2, 0) is 26.6 Å². The van der Waals surface area contributed by atoms with Gasteiger partial charge in [-0.25, -0.2) is 4.98 Å². The first kappa shape index (κ1) is 31.4. The third kappa shape index (κ3) is 6.53. The molecule has 0 saturated carbocycles. The summed E-state index contributed by atoms with van der Waals surface area (Å²) in [6, 6.07) is 29.8. The van der Waals surface area contributed by atoms with E-state index in [1.807, 2.05) is 74.4 Å². The Kier molecular flexibility index (Phi) is 9.45. The van der Waals surface area contributed by atoms with Crippen molar-refractivity contribution in [3.8, 4) is 22.6 Å². The number of carbonyl (C=O) groups is 1. The zero-order valence-corrected chi connectivity index (χ0v) is 27.5. The molecule has 6 aromatic rings. The van der Waals surface area contributed by atoms with Crippen LogP contribution in [0.3, 0.4) is 0 Å². The van der Waals surface area contributed by atoms with Crippen molar-refractivity contribution in [2.24, 2.45) is 7.05 Å². The number of ether oxygens (including phenoxy) is 1. The predicted molar refractivity (Wildman–Crippen MR) is 186 cm³/mol. The lowest BCUT2D eigenvalue weighted by atomic mass is 10.0. The van der Waals surface area contributed by atoms with Crippen molar-refractivity contribution in [3.63, 3.8) is 0 Å². The van der Waals surface area contributed by atoms with Crippen molar-refractivity contribution >= 4 is 40.0 Å². The molecule has 0 fully saturated rings. The van der Waals surface area contributed by atoms with Crippen LogP contribution in [-0.4, -0.2) is 38.9 Å². The summed E-state index contributed by atoms with van der Waals surface area (Å²) in [4.78, 5) is 22.2. The maximum atomic E-state index is 13.0. The van der Waals surface area contributed by atoms with Gasteiger partial charge < -0.3 is 24.5 Å². The molecule has 2 aromatic heterocycles. The highest BCUT2D eigenvalue weighted by Gasteiger charge is 2.30. The van der Waals surface area contributed by atoms with Crippen LogP contribution in [0.15, 0.2) is 97.3 Å². The molecule has 7 nitrogen and oxygen atoms in total. The number of hydrogen-bond donors (Lipinski definition) is 2. The van der Waals surface area contributed by atoms with Crippen LogP contribution in [0, 0.1) is 6.92 Å². The average Bonchev–Trinajstić information content (AvgIpc) is 3.61. The second-order valence-corrected chi connectivity index (χ2v) is 12.1. The Bertz CT molecular complexity index is 2000. The second-order valence-electron chi connectivity index (χ2n) is 11.2. The highest BCUT2D eigenvalue weighted by molar-refractivity contribution is 6.42. The van der Waals surface area contributed by atoms with Crippen molar-refractivity contribution in [1.29, 1.82) is 0 Å². The average molecular weight is 653 g/mol. The van der Waals surface area contributed by atoms with Gasteiger partial charge in [0.2, 0.25) is 0 Å². The molecule has 0 bridgehead atoms. The van der Waals surface area contributed by atoms with E-state index in [1.54, 1.807) is 18.5 Å². The fraction of sp³-hybridized carbons (Fsp3) is 0.189. The van der Waals surface area contributed by atoms with Gasteiger partial charge >= 0.3 is 0 Å². The van der Waals surface area contributed by atoms with Gasteiger partial charge in [-0.2, -0.15) is 0 Å². The minimum absolute atomic E-state index is 0.112. The van der Waals surface area contributed by atoms with Gasteiger partial charge in [0.1, 0.15) is 11.5 Å². The summed E-state index contributed by atoms with van der Waals surface area (Å²) in [6.45, 7) is 4.00. The van der Waals surface area contributed by atoms with Gasteiger partial charge in [0.05, 0.1) is 34.2 Å². The molecule has 1 aliphatic heterocycles. The molecule has 9 heteroatoms. The summed E-state index contributed by atoms with van der Waals surface area (Å²) in [6.07, 6.45) is 2.57. The van der Waals surface area contributed by atoms with Gasteiger partial charge in [-0.15, -0.1) is 0 Å². The van der Waals surface area contributed by atoms with Crippen molar-refractivity contribution in [1.82, 2.24) is 24.8 Å². The van der Waals surface area contributed by atoms with E-state index in [-0.39, 0.29) is 5.91 Å². The minimum Gasteiger partial charge on any atom is -0.457 e. The van der Waals surface area contributed by atoms with Gasteiger partial charge in [-0.3, -0.25) is 4.79 Å². The number of hydrogen-bond acceptors (Lipinski definition) is 4. The lowest BCUT2D eigenvalue weighted by Gasteiger charge is -2.27. The van der Waals surface area contributed by atoms with Gasteiger partial charge in [0.25, 0.3) is 5.91 Å². The molecule has 7 rings (SSSR count). The maximum Gasteiger partial charge on any atom is 0.256 e. The predicted octanol–water partition coefficient (Wildman–Crippen LogP) is 8.58. The van der Waals surface area contributed by atoms with E-state index in [4.69, 9.17) is 27.9 Å². The number of benzene rings is 4. The smallest absolute Gasteiger partial charge is 0.256 e. The first-order chi connectivity index (χ1) is 22.3. The second kappa shape index (κ2) is 13.8. The maximum absolute atomic E-state index is 13.0. The molecule has 0 aliphatic carbocycles. The van der Waals surface area contributed by atoms with E-state index >= 15 is 0 Å². The van der Waals surface area contributed by atoms with Gasteiger partial charge in [0.15, 0.2) is 0 Å². The number of para-hydroxylation sites is 1. The summed E-state index contributed by atoms with van der Waals surface area (Å²) >= 11 is 12.0. The van der Waals surface area contributed by atoms with Crippen LogP contribution in [0.25, 0.3) is 22.0 Å². The molecule has 4 aromatic carbocycles. The lowest BCUT2D eigenvalue weighted by Crippen LogP contribution is -2.37. The molecule has 1 amide bonds. The monoisotopic (exact) mass is 651 g/mol. The summed E-state index contributed by atoms with van der Waals surface area (Å²) in [5.74, 6) is 1.57. The van der Waals surface area contributed by atoms with E-state index in [2.05, 4.69) is 50.2 Å². The number of H-pyrrole nitrogens is 1. The molecule has 0 spiro atoms. The number of nitrogens with one attached hydrogen (secondary N) is 2. The van der Waals surface area contributed by atoms with Gasteiger partial charge in [-0.05, 0) is 55.4 Å². The third-order valence-corrected chi connectivity index (χ3v) is 9.02. The fourth-order valence-corrected chi connectivity index (χ4v) is 6.13.